The lowest BCUT2D eigenvalue weighted by Crippen LogP contribution is -2.44. The molecule has 34 heavy (non-hydrogen) atoms. The predicted molar refractivity (Wildman–Crippen MR) is 127 cm³/mol. The van der Waals surface area contributed by atoms with Gasteiger partial charge in [0.05, 0.1) is 24.8 Å². The third kappa shape index (κ3) is 5.00. The van der Waals surface area contributed by atoms with E-state index in [1.54, 1.807) is 45.0 Å². The number of ether oxygens (including phenoxy) is 4. The van der Waals surface area contributed by atoms with Crippen LogP contribution in [-0.2, 0) is 19.1 Å². The number of rotatable bonds is 9. The van der Waals surface area contributed by atoms with Crippen LogP contribution in [0, 0.1) is 0 Å². The highest BCUT2D eigenvalue weighted by Gasteiger charge is 2.50. The zero-order valence-corrected chi connectivity index (χ0v) is 21.0. The number of nitrogens with zero attached hydrogens (tertiary/aromatic N) is 1. The van der Waals surface area contributed by atoms with E-state index in [0.29, 0.717) is 22.9 Å². The van der Waals surface area contributed by atoms with E-state index < -0.39 is 17.4 Å². The van der Waals surface area contributed by atoms with Gasteiger partial charge in [0.25, 0.3) is 5.91 Å². The van der Waals surface area contributed by atoms with Gasteiger partial charge >= 0.3 is 5.97 Å². The number of carbonyl (C=O) groups excluding carboxylic acids is 2. The molecule has 0 radical (unpaired) electrons. The Kier molecular flexibility index (Phi) is 8.09. The molecular formula is C24H25Cl2NO7. The van der Waals surface area contributed by atoms with Crippen molar-refractivity contribution in [1.82, 2.24) is 5.06 Å². The van der Waals surface area contributed by atoms with E-state index in [9.17, 15) is 9.59 Å². The lowest BCUT2D eigenvalue weighted by molar-refractivity contribution is -0.242. The lowest BCUT2D eigenvalue weighted by atomic mass is 9.99. The van der Waals surface area contributed by atoms with Crippen LogP contribution in [0.5, 0.6) is 11.5 Å². The standard InChI is InChI=1S/C24H25Cl2NO7/c1-6-32-13-33-27-22(28)20(16-9-7-14(25)11-18(16)26)21(24(27,2)3)34-23(29)17-10-8-15(30-4)12-19(17)31-5/h7-12H,6,13H2,1-5H3. The van der Waals surface area contributed by atoms with Crippen molar-refractivity contribution in [2.75, 3.05) is 27.6 Å². The van der Waals surface area contributed by atoms with E-state index in [4.69, 9.17) is 47.0 Å². The minimum atomic E-state index is -1.18. The van der Waals surface area contributed by atoms with Gasteiger partial charge in [-0.2, -0.15) is 0 Å². The van der Waals surface area contributed by atoms with E-state index in [2.05, 4.69) is 0 Å². The molecule has 0 fully saturated rings. The second-order valence-corrected chi connectivity index (χ2v) is 8.53. The number of halogens is 2. The zero-order valence-electron chi connectivity index (χ0n) is 19.4. The van der Waals surface area contributed by atoms with Crippen molar-refractivity contribution < 1.29 is 33.4 Å². The van der Waals surface area contributed by atoms with Crippen LogP contribution in [0.4, 0.5) is 0 Å². The molecule has 1 aliphatic heterocycles. The number of hydrogen-bond donors (Lipinski definition) is 0. The molecule has 1 amide bonds. The summed E-state index contributed by atoms with van der Waals surface area (Å²) < 4.78 is 21.6. The maximum Gasteiger partial charge on any atom is 0.347 e. The van der Waals surface area contributed by atoms with Gasteiger partial charge in [0.15, 0.2) is 6.79 Å². The van der Waals surface area contributed by atoms with Crippen LogP contribution in [0.25, 0.3) is 5.57 Å². The van der Waals surface area contributed by atoms with E-state index >= 15 is 0 Å². The predicted octanol–water partition coefficient (Wildman–Crippen LogP) is 5.13. The number of methoxy groups -OCH3 is 2. The second-order valence-electron chi connectivity index (χ2n) is 7.68. The first-order valence-corrected chi connectivity index (χ1v) is 11.1. The summed E-state index contributed by atoms with van der Waals surface area (Å²) in [6.45, 7) is 5.39. The Balaban J connectivity index is 2.09. The summed E-state index contributed by atoms with van der Waals surface area (Å²) in [6.07, 6.45) is 0. The zero-order chi connectivity index (χ0) is 25.0. The van der Waals surface area contributed by atoms with Gasteiger partial charge in [0, 0.05) is 23.3 Å². The van der Waals surface area contributed by atoms with Crippen molar-refractivity contribution in [3.8, 4) is 11.5 Å². The molecule has 1 aliphatic rings. The second kappa shape index (κ2) is 10.7. The molecule has 0 saturated heterocycles. The minimum Gasteiger partial charge on any atom is -0.497 e. The van der Waals surface area contributed by atoms with Crippen LogP contribution in [0.3, 0.4) is 0 Å². The van der Waals surface area contributed by atoms with Gasteiger partial charge in [-0.3, -0.25) is 4.79 Å². The maximum atomic E-state index is 13.5. The lowest BCUT2D eigenvalue weighted by Gasteiger charge is -2.31. The smallest absolute Gasteiger partial charge is 0.347 e. The van der Waals surface area contributed by atoms with Crippen molar-refractivity contribution in [2.45, 2.75) is 26.3 Å². The minimum absolute atomic E-state index is 0.0566. The fourth-order valence-electron chi connectivity index (χ4n) is 3.46. The average Bonchev–Trinajstić information content (AvgIpc) is 2.98. The molecule has 10 heteroatoms. The third-order valence-electron chi connectivity index (χ3n) is 5.18. The fourth-order valence-corrected chi connectivity index (χ4v) is 3.97. The summed E-state index contributed by atoms with van der Waals surface area (Å²) in [6, 6.07) is 9.36. The molecule has 2 aromatic carbocycles. The highest BCUT2D eigenvalue weighted by atomic mass is 35.5. The van der Waals surface area contributed by atoms with Gasteiger partial charge in [0.2, 0.25) is 0 Å². The van der Waals surface area contributed by atoms with Gasteiger partial charge in [0.1, 0.15) is 28.4 Å². The van der Waals surface area contributed by atoms with E-state index in [0.717, 1.165) is 5.06 Å². The van der Waals surface area contributed by atoms with Gasteiger partial charge in [-0.25, -0.2) is 14.7 Å². The van der Waals surface area contributed by atoms with Crippen LogP contribution in [0.2, 0.25) is 10.0 Å². The van der Waals surface area contributed by atoms with Crippen LogP contribution in [0.15, 0.2) is 42.2 Å². The number of amides is 1. The third-order valence-corrected chi connectivity index (χ3v) is 5.73. The summed E-state index contributed by atoms with van der Waals surface area (Å²) in [7, 11) is 2.93. The van der Waals surface area contributed by atoms with E-state index in [1.807, 2.05) is 0 Å². The first kappa shape index (κ1) is 25.8. The summed E-state index contributed by atoms with van der Waals surface area (Å²) in [4.78, 5) is 32.3. The molecule has 0 atom stereocenters. The topological polar surface area (TPSA) is 83.5 Å². The Labute approximate surface area is 207 Å². The summed E-state index contributed by atoms with van der Waals surface area (Å²) >= 11 is 12.5. The van der Waals surface area contributed by atoms with Gasteiger partial charge in [-0.15, -0.1) is 0 Å². The first-order chi connectivity index (χ1) is 16.1. The molecule has 0 aliphatic carbocycles. The normalized spacial score (nSPS) is 15.0. The average molecular weight is 510 g/mol. The van der Waals surface area contributed by atoms with Crippen LogP contribution < -0.4 is 9.47 Å². The first-order valence-electron chi connectivity index (χ1n) is 10.3. The van der Waals surface area contributed by atoms with Crippen LogP contribution in [0.1, 0.15) is 36.7 Å². The Hall–Kier alpha value is -2.78. The molecule has 0 bridgehead atoms. The van der Waals surface area contributed by atoms with Crippen molar-refractivity contribution in [2.24, 2.45) is 0 Å². The molecule has 0 unspecified atom stereocenters. The number of hydrogen-bond acceptors (Lipinski definition) is 7. The number of benzene rings is 2. The van der Waals surface area contributed by atoms with E-state index in [-0.39, 0.29) is 34.5 Å². The van der Waals surface area contributed by atoms with Crippen LogP contribution >= 0.6 is 23.2 Å². The highest BCUT2D eigenvalue weighted by Crippen LogP contribution is 2.43. The molecule has 0 aromatic heterocycles. The van der Waals surface area contributed by atoms with Gasteiger partial charge < -0.3 is 18.9 Å². The summed E-state index contributed by atoms with van der Waals surface area (Å²) in [5.74, 6) is -0.458. The Morgan fingerprint density at radius 2 is 1.79 bits per heavy atom. The molecule has 1 heterocycles. The molecule has 182 valence electrons. The van der Waals surface area contributed by atoms with Crippen LogP contribution in [-0.4, -0.2) is 50.1 Å². The largest absolute Gasteiger partial charge is 0.497 e. The molecule has 0 saturated carbocycles. The quantitative estimate of drug-likeness (QED) is 0.263. The van der Waals surface area contributed by atoms with Gasteiger partial charge in [-0.05, 0) is 45.0 Å². The van der Waals surface area contributed by atoms with Crippen molar-refractivity contribution in [3.63, 3.8) is 0 Å². The monoisotopic (exact) mass is 509 g/mol. The maximum absolute atomic E-state index is 13.5. The van der Waals surface area contributed by atoms with Crippen molar-refractivity contribution in [3.05, 3.63) is 63.3 Å². The van der Waals surface area contributed by atoms with E-state index in [1.165, 1.54) is 26.4 Å². The molecule has 2 aromatic rings. The summed E-state index contributed by atoms with van der Waals surface area (Å²) in [5, 5.41) is 1.72. The number of hydroxylamine groups is 2. The van der Waals surface area contributed by atoms with Crippen molar-refractivity contribution in [1.29, 1.82) is 0 Å². The molecule has 0 N–H and O–H groups in total. The van der Waals surface area contributed by atoms with Crippen molar-refractivity contribution >= 4 is 40.7 Å². The Bertz CT molecular complexity index is 1130. The Morgan fingerprint density at radius 1 is 1.06 bits per heavy atom. The highest BCUT2D eigenvalue weighted by molar-refractivity contribution is 6.38. The molecule has 8 nitrogen and oxygen atoms in total. The number of esters is 1. The summed E-state index contributed by atoms with van der Waals surface area (Å²) in [5.41, 5.74) is -0.614. The SMILES string of the molecule is CCOCON1C(=O)C(c2ccc(Cl)cc2Cl)=C(OC(=O)c2ccc(OC)cc2OC)C1(C)C. The molecule has 0 spiro atoms. The molecular weight excluding hydrogens is 485 g/mol. The number of carbonyl (C=O) groups is 2. The van der Waals surface area contributed by atoms with Gasteiger partial charge in [-0.1, -0.05) is 29.3 Å². The Morgan fingerprint density at radius 3 is 2.41 bits per heavy atom. The fraction of sp³-hybridized carbons (Fsp3) is 0.333. The molecule has 3 rings (SSSR count).